The fourth-order valence-electron chi connectivity index (χ4n) is 2.83. The molecule has 0 radical (unpaired) electrons. The first kappa shape index (κ1) is 17.9. The lowest BCUT2D eigenvalue weighted by Crippen LogP contribution is -2.63. The predicted octanol–water partition coefficient (Wildman–Crippen LogP) is 2.28. The smallest absolute Gasteiger partial charge is 0.0593 e. The van der Waals surface area contributed by atoms with Gasteiger partial charge in [0.15, 0.2) is 0 Å². The van der Waals surface area contributed by atoms with Crippen LogP contribution in [0, 0.1) is 0 Å². The molecule has 4 heteroatoms. The maximum absolute atomic E-state index is 5.72. The largest absolute Gasteiger partial charge is 0.385 e. The highest BCUT2D eigenvalue weighted by Crippen LogP contribution is 2.20. The molecule has 0 amide bonds. The number of rotatable bonds is 10. The molecule has 0 bridgehead atoms. The number of nitrogens with zero attached hydrogens (tertiary/aromatic N) is 1. The number of piperazine rings is 1. The minimum atomic E-state index is 0.264. The van der Waals surface area contributed by atoms with Gasteiger partial charge in [-0.15, -0.1) is 0 Å². The molecule has 2 atom stereocenters. The number of ether oxygens (including phenoxy) is 2. The lowest BCUT2D eigenvalue weighted by Gasteiger charge is -2.46. The summed E-state index contributed by atoms with van der Waals surface area (Å²) < 4.78 is 10.8. The fraction of sp³-hybridized carbons (Fsp3) is 1.00. The molecule has 1 heterocycles. The molecule has 4 nitrogen and oxygen atoms in total. The van der Waals surface area contributed by atoms with Crippen LogP contribution in [0.1, 0.15) is 46.5 Å². The molecule has 0 aromatic carbocycles. The third-order valence-electron chi connectivity index (χ3n) is 4.40. The van der Waals surface area contributed by atoms with E-state index in [0.29, 0.717) is 6.04 Å². The van der Waals surface area contributed by atoms with Gasteiger partial charge in [0.05, 0.1) is 6.61 Å². The van der Waals surface area contributed by atoms with Crippen LogP contribution in [0.25, 0.3) is 0 Å². The summed E-state index contributed by atoms with van der Waals surface area (Å²) in [6, 6.07) is 0.669. The fourth-order valence-corrected chi connectivity index (χ4v) is 2.83. The molecular weight excluding hydrogens is 252 g/mol. The Hall–Kier alpha value is -0.160. The van der Waals surface area contributed by atoms with E-state index in [-0.39, 0.29) is 5.54 Å². The minimum Gasteiger partial charge on any atom is -0.385 e. The molecule has 1 N–H and O–H groups in total. The van der Waals surface area contributed by atoms with Gasteiger partial charge in [-0.05, 0) is 26.2 Å². The Morgan fingerprint density at radius 1 is 1.25 bits per heavy atom. The molecule has 0 aromatic rings. The first-order chi connectivity index (χ1) is 9.65. The molecule has 1 aliphatic rings. The van der Waals surface area contributed by atoms with Gasteiger partial charge in [0.1, 0.15) is 0 Å². The number of methoxy groups -OCH3 is 1. The summed E-state index contributed by atoms with van der Waals surface area (Å²) in [5, 5.41) is 3.73. The topological polar surface area (TPSA) is 33.7 Å². The van der Waals surface area contributed by atoms with Crippen molar-refractivity contribution < 1.29 is 9.47 Å². The van der Waals surface area contributed by atoms with Crippen molar-refractivity contribution in [1.82, 2.24) is 10.2 Å². The van der Waals surface area contributed by atoms with Gasteiger partial charge < -0.3 is 14.8 Å². The number of hydrogen-bond acceptors (Lipinski definition) is 4. The maximum Gasteiger partial charge on any atom is 0.0593 e. The monoisotopic (exact) mass is 286 g/mol. The Morgan fingerprint density at radius 3 is 2.70 bits per heavy atom. The molecular formula is C16H34N2O2. The van der Waals surface area contributed by atoms with E-state index in [1.165, 1.54) is 19.3 Å². The second kappa shape index (κ2) is 9.72. The summed E-state index contributed by atoms with van der Waals surface area (Å²) in [7, 11) is 1.74. The summed E-state index contributed by atoms with van der Waals surface area (Å²) in [5.41, 5.74) is 0.264. The van der Waals surface area contributed by atoms with Crippen LogP contribution in [0.4, 0.5) is 0 Å². The molecule has 2 unspecified atom stereocenters. The lowest BCUT2D eigenvalue weighted by molar-refractivity contribution is 0.0358. The van der Waals surface area contributed by atoms with Crippen LogP contribution in [-0.2, 0) is 9.47 Å². The first-order valence-electron chi connectivity index (χ1n) is 8.21. The van der Waals surface area contributed by atoms with Crippen LogP contribution in [0.15, 0.2) is 0 Å². The van der Waals surface area contributed by atoms with Gasteiger partial charge in [-0.3, -0.25) is 4.90 Å². The van der Waals surface area contributed by atoms with Gasteiger partial charge in [0.25, 0.3) is 0 Å². The zero-order valence-electron chi connectivity index (χ0n) is 13.9. The normalized spacial score (nSPS) is 27.9. The molecule has 0 saturated carbocycles. The van der Waals surface area contributed by atoms with Gasteiger partial charge >= 0.3 is 0 Å². The van der Waals surface area contributed by atoms with Crippen LogP contribution in [-0.4, -0.2) is 63.0 Å². The molecule has 0 aliphatic carbocycles. The van der Waals surface area contributed by atoms with Gasteiger partial charge in [0, 0.05) is 51.5 Å². The van der Waals surface area contributed by atoms with E-state index < -0.39 is 0 Å². The second-order valence-corrected chi connectivity index (χ2v) is 6.17. The molecule has 1 rings (SSSR count). The molecule has 120 valence electrons. The van der Waals surface area contributed by atoms with Gasteiger partial charge in [-0.25, -0.2) is 0 Å². The average molecular weight is 286 g/mol. The number of hydrogen-bond donors (Lipinski definition) is 1. The summed E-state index contributed by atoms with van der Waals surface area (Å²) >= 11 is 0. The molecule has 0 aromatic heterocycles. The van der Waals surface area contributed by atoms with Crippen molar-refractivity contribution in [3.05, 3.63) is 0 Å². The van der Waals surface area contributed by atoms with Crippen molar-refractivity contribution in [3.63, 3.8) is 0 Å². The second-order valence-electron chi connectivity index (χ2n) is 6.17. The highest BCUT2D eigenvalue weighted by Gasteiger charge is 2.33. The number of nitrogens with one attached hydrogen (secondary N) is 1. The Balaban J connectivity index is 2.32. The van der Waals surface area contributed by atoms with Crippen molar-refractivity contribution in [2.75, 3.05) is 46.6 Å². The quantitative estimate of drug-likeness (QED) is 0.625. The van der Waals surface area contributed by atoms with E-state index >= 15 is 0 Å². The third kappa shape index (κ3) is 6.08. The maximum atomic E-state index is 5.72. The highest BCUT2D eigenvalue weighted by molar-refractivity contribution is 4.94. The predicted molar refractivity (Wildman–Crippen MR) is 84.3 cm³/mol. The summed E-state index contributed by atoms with van der Waals surface area (Å²) in [6.07, 6.45) is 4.69. The van der Waals surface area contributed by atoms with Crippen molar-refractivity contribution >= 4 is 0 Å². The van der Waals surface area contributed by atoms with Gasteiger partial charge in [-0.2, -0.15) is 0 Å². The van der Waals surface area contributed by atoms with Crippen LogP contribution in [0.5, 0.6) is 0 Å². The standard InChI is InChI=1S/C16H34N2O2/c1-5-8-15-13-17-16(3,6-2)14-18(15)9-12-20-11-7-10-19-4/h15,17H,5-14H2,1-4H3. The van der Waals surface area contributed by atoms with E-state index in [1.54, 1.807) is 7.11 Å². The van der Waals surface area contributed by atoms with Crippen molar-refractivity contribution in [2.24, 2.45) is 0 Å². The lowest BCUT2D eigenvalue weighted by atomic mass is 9.92. The summed E-state index contributed by atoms with van der Waals surface area (Å²) in [5.74, 6) is 0. The Kier molecular flexibility index (Phi) is 8.69. The van der Waals surface area contributed by atoms with E-state index in [1.807, 2.05) is 0 Å². The van der Waals surface area contributed by atoms with E-state index in [2.05, 4.69) is 31.0 Å². The SMILES string of the molecule is CCCC1CNC(C)(CC)CN1CCOCCCOC. The van der Waals surface area contributed by atoms with Gasteiger partial charge in [0.2, 0.25) is 0 Å². The van der Waals surface area contributed by atoms with E-state index in [0.717, 1.165) is 45.9 Å². The molecule has 1 fully saturated rings. The summed E-state index contributed by atoms with van der Waals surface area (Å²) in [4.78, 5) is 2.62. The molecule has 0 spiro atoms. The van der Waals surface area contributed by atoms with Gasteiger partial charge in [-0.1, -0.05) is 20.3 Å². The Morgan fingerprint density at radius 2 is 2.05 bits per heavy atom. The first-order valence-corrected chi connectivity index (χ1v) is 8.21. The van der Waals surface area contributed by atoms with Crippen LogP contribution >= 0.6 is 0 Å². The van der Waals surface area contributed by atoms with Crippen molar-refractivity contribution in [2.45, 2.75) is 58.0 Å². The molecule has 1 aliphatic heterocycles. The van der Waals surface area contributed by atoms with Crippen LogP contribution in [0.2, 0.25) is 0 Å². The Bertz CT molecular complexity index is 251. The van der Waals surface area contributed by atoms with Crippen LogP contribution in [0.3, 0.4) is 0 Å². The highest BCUT2D eigenvalue weighted by atomic mass is 16.5. The molecule has 1 saturated heterocycles. The van der Waals surface area contributed by atoms with E-state index in [9.17, 15) is 0 Å². The zero-order chi connectivity index (χ0) is 14.8. The average Bonchev–Trinajstić information content (AvgIpc) is 2.46. The Labute approximate surface area is 125 Å². The third-order valence-corrected chi connectivity index (χ3v) is 4.40. The summed E-state index contributed by atoms with van der Waals surface area (Å²) in [6.45, 7) is 12.6. The minimum absolute atomic E-state index is 0.264. The zero-order valence-corrected chi connectivity index (χ0v) is 13.9. The molecule has 20 heavy (non-hydrogen) atoms. The van der Waals surface area contributed by atoms with Crippen LogP contribution < -0.4 is 5.32 Å². The van der Waals surface area contributed by atoms with Crippen molar-refractivity contribution in [3.8, 4) is 0 Å². The van der Waals surface area contributed by atoms with Crippen molar-refractivity contribution in [1.29, 1.82) is 0 Å². The van der Waals surface area contributed by atoms with E-state index in [4.69, 9.17) is 9.47 Å².